The number of fused-ring (bicyclic) bond motifs is 1. The average Bonchev–Trinajstić information content (AvgIpc) is 3.12. The lowest BCUT2D eigenvalue weighted by Crippen LogP contribution is -2.27. The highest BCUT2D eigenvalue weighted by Crippen LogP contribution is 2.25. The van der Waals surface area contributed by atoms with Gasteiger partial charge in [0.25, 0.3) is 5.91 Å². The van der Waals surface area contributed by atoms with Crippen LogP contribution in [0.4, 0.5) is 0 Å². The van der Waals surface area contributed by atoms with E-state index in [1.165, 1.54) is 0 Å². The van der Waals surface area contributed by atoms with Crippen molar-refractivity contribution in [3.05, 3.63) is 78.2 Å². The third-order valence-electron chi connectivity index (χ3n) is 4.91. The van der Waals surface area contributed by atoms with Crippen molar-refractivity contribution in [1.82, 2.24) is 24.8 Å². The maximum atomic E-state index is 12.9. The van der Waals surface area contributed by atoms with Gasteiger partial charge in [0.05, 0.1) is 11.7 Å². The topological polar surface area (TPSA) is 72.7 Å². The van der Waals surface area contributed by atoms with Gasteiger partial charge < -0.3 is 9.88 Å². The molecule has 6 nitrogen and oxygen atoms in total. The molecule has 0 saturated heterocycles. The molecule has 3 aromatic heterocycles. The molecular formula is C24H25N5O. The molecule has 30 heavy (non-hydrogen) atoms. The lowest BCUT2D eigenvalue weighted by molar-refractivity contribution is 0.0939. The first-order chi connectivity index (χ1) is 14.5. The molecule has 0 saturated carbocycles. The van der Waals surface area contributed by atoms with E-state index in [2.05, 4.69) is 33.7 Å². The minimum Gasteiger partial charge on any atom is -0.344 e. The van der Waals surface area contributed by atoms with Crippen molar-refractivity contribution in [2.24, 2.45) is 5.92 Å². The van der Waals surface area contributed by atoms with E-state index >= 15 is 0 Å². The molecule has 6 heteroatoms. The summed E-state index contributed by atoms with van der Waals surface area (Å²) in [4.78, 5) is 26.5. The Morgan fingerprint density at radius 1 is 1.00 bits per heavy atom. The molecule has 152 valence electrons. The standard InChI is InChI=1S/C24H25N5O/c1-16(2)15-29-22(28-21-11-7-13-26-23(21)29)18-8-6-9-19(14-18)24(30)27-17(3)20-10-4-5-12-25-20/h4-14,16-17H,15H2,1-3H3,(H,27,30)/t17-/m1/s1. The summed E-state index contributed by atoms with van der Waals surface area (Å²) < 4.78 is 2.13. The number of nitrogens with one attached hydrogen (secondary N) is 1. The lowest BCUT2D eigenvalue weighted by Gasteiger charge is -2.14. The molecule has 0 bridgehead atoms. The van der Waals surface area contributed by atoms with E-state index in [4.69, 9.17) is 4.98 Å². The van der Waals surface area contributed by atoms with Gasteiger partial charge in [0.15, 0.2) is 5.65 Å². The first-order valence-electron chi connectivity index (χ1n) is 10.2. The molecule has 0 unspecified atom stereocenters. The van der Waals surface area contributed by atoms with E-state index < -0.39 is 0 Å². The first-order valence-corrected chi connectivity index (χ1v) is 10.2. The number of benzene rings is 1. The van der Waals surface area contributed by atoms with Crippen molar-refractivity contribution in [3.8, 4) is 11.4 Å². The molecule has 0 radical (unpaired) electrons. The molecule has 0 spiro atoms. The molecule has 0 fully saturated rings. The van der Waals surface area contributed by atoms with Gasteiger partial charge in [0, 0.05) is 30.1 Å². The second-order valence-corrected chi connectivity index (χ2v) is 7.82. The van der Waals surface area contributed by atoms with Gasteiger partial charge >= 0.3 is 0 Å². The molecule has 0 aliphatic heterocycles. The van der Waals surface area contributed by atoms with E-state index in [1.54, 1.807) is 12.4 Å². The number of carbonyl (C=O) groups excluding carboxylic acids is 1. The summed E-state index contributed by atoms with van der Waals surface area (Å²) in [5, 5.41) is 3.02. The summed E-state index contributed by atoms with van der Waals surface area (Å²) in [7, 11) is 0. The molecule has 3 heterocycles. The number of amides is 1. The molecule has 1 atom stereocenters. The van der Waals surface area contributed by atoms with Crippen LogP contribution in [-0.2, 0) is 6.54 Å². The van der Waals surface area contributed by atoms with Gasteiger partial charge in [-0.2, -0.15) is 0 Å². The van der Waals surface area contributed by atoms with Crippen LogP contribution in [0.5, 0.6) is 0 Å². The van der Waals surface area contributed by atoms with Crippen LogP contribution in [0.15, 0.2) is 67.0 Å². The van der Waals surface area contributed by atoms with Crippen LogP contribution in [0.25, 0.3) is 22.6 Å². The number of aromatic nitrogens is 4. The van der Waals surface area contributed by atoms with Crippen molar-refractivity contribution < 1.29 is 4.79 Å². The highest BCUT2D eigenvalue weighted by molar-refractivity contribution is 5.95. The number of nitrogens with zero attached hydrogens (tertiary/aromatic N) is 4. The van der Waals surface area contributed by atoms with Crippen molar-refractivity contribution in [2.75, 3.05) is 0 Å². The van der Waals surface area contributed by atoms with Gasteiger partial charge in [-0.3, -0.25) is 9.78 Å². The van der Waals surface area contributed by atoms with Crippen LogP contribution in [-0.4, -0.2) is 25.4 Å². The van der Waals surface area contributed by atoms with Crippen LogP contribution in [0, 0.1) is 5.92 Å². The van der Waals surface area contributed by atoms with Crippen molar-refractivity contribution in [1.29, 1.82) is 0 Å². The Kier molecular flexibility index (Phi) is 5.57. The summed E-state index contributed by atoms with van der Waals surface area (Å²) in [6, 6.07) is 16.9. The molecule has 1 aromatic carbocycles. The Bertz CT molecular complexity index is 1170. The second kappa shape index (κ2) is 8.45. The zero-order valence-corrected chi connectivity index (χ0v) is 17.4. The molecule has 0 aliphatic carbocycles. The Labute approximate surface area is 176 Å². The zero-order chi connectivity index (χ0) is 21.1. The average molecular weight is 399 g/mol. The van der Waals surface area contributed by atoms with Crippen LogP contribution in [0.1, 0.15) is 42.9 Å². The normalized spacial score (nSPS) is 12.3. The number of pyridine rings is 2. The van der Waals surface area contributed by atoms with E-state index in [9.17, 15) is 4.79 Å². The molecule has 4 rings (SSSR count). The fourth-order valence-corrected chi connectivity index (χ4v) is 3.50. The van der Waals surface area contributed by atoms with E-state index in [-0.39, 0.29) is 11.9 Å². The van der Waals surface area contributed by atoms with Gasteiger partial charge in [-0.05, 0) is 49.2 Å². The van der Waals surface area contributed by atoms with Crippen molar-refractivity contribution in [3.63, 3.8) is 0 Å². The molecule has 0 aliphatic rings. The second-order valence-electron chi connectivity index (χ2n) is 7.82. The minimum atomic E-state index is -0.183. The summed E-state index contributed by atoms with van der Waals surface area (Å²) in [5.41, 5.74) is 4.02. The summed E-state index contributed by atoms with van der Waals surface area (Å²) in [6.07, 6.45) is 3.51. The highest BCUT2D eigenvalue weighted by atomic mass is 16.1. The monoisotopic (exact) mass is 399 g/mol. The third-order valence-corrected chi connectivity index (χ3v) is 4.91. The Morgan fingerprint density at radius 2 is 1.83 bits per heavy atom. The largest absolute Gasteiger partial charge is 0.344 e. The van der Waals surface area contributed by atoms with E-state index in [0.717, 1.165) is 34.8 Å². The lowest BCUT2D eigenvalue weighted by atomic mass is 10.1. The number of carbonyl (C=O) groups is 1. The Balaban J connectivity index is 1.66. The quantitative estimate of drug-likeness (QED) is 0.513. The summed E-state index contributed by atoms with van der Waals surface area (Å²) in [5.74, 6) is 1.12. The molecule has 1 N–H and O–H groups in total. The van der Waals surface area contributed by atoms with Gasteiger partial charge in [0.2, 0.25) is 0 Å². The number of hydrogen-bond donors (Lipinski definition) is 1. The van der Waals surface area contributed by atoms with Gasteiger partial charge in [0.1, 0.15) is 11.3 Å². The fraction of sp³-hybridized carbons (Fsp3) is 0.250. The third kappa shape index (κ3) is 4.08. The van der Waals surface area contributed by atoms with Crippen LogP contribution in [0.2, 0.25) is 0 Å². The fourth-order valence-electron chi connectivity index (χ4n) is 3.50. The van der Waals surface area contributed by atoms with E-state index in [1.807, 2.05) is 61.5 Å². The first kappa shape index (κ1) is 19.8. The number of imidazole rings is 1. The maximum absolute atomic E-state index is 12.9. The highest BCUT2D eigenvalue weighted by Gasteiger charge is 2.17. The van der Waals surface area contributed by atoms with Gasteiger partial charge in [-0.1, -0.05) is 32.0 Å². The zero-order valence-electron chi connectivity index (χ0n) is 17.4. The predicted molar refractivity (Wildman–Crippen MR) is 118 cm³/mol. The Morgan fingerprint density at radius 3 is 2.60 bits per heavy atom. The SMILES string of the molecule is CC(C)Cn1c(-c2cccc(C(=O)N[C@H](C)c3ccccn3)c2)nc2cccnc21. The van der Waals surface area contributed by atoms with Gasteiger partial charge in [-0.15, -0.1) is 0 Å². The molecular weight excluding hydrogens is 374 g/mol. The van der Waals surface area contributed by atoms with Crippen LogP contribution < -0.4 is 5.32 Å². The smallest absolute Gasteiger partial charge is 0.251 e. The van der Waals surface area contributed by atoms with E-state index in [0.29, 0.717) is 11.5 Å². The van der Waals surface area contributed by atoms with Gasteiger partial charge in [-0.25, -0.2) is 9.97 Å². The van der Waals surface area contributed by atoms with Crippen molar-refractivity contribution >= 4 is 17.1 Å². The number of hydrogen-bond acceptors (Lipinski definition) is 4. The maximum Gasteiger partial charge on any atom is 0.251 e. The predicted octanol–water partition coefficient (Wildman–Crippen LogP) is 4.64. The minimum absolute atomic E-state index is 0.139. The van der Waals surface area contributed by atoms with Crippen molar-refractivity contribution in [2.45, 2.75) is 33.4 Å². The van der Waals surface area contributed by atoms with Crippen LogP contribution in [0.3, 0.4) is 0 Å². The summed E-state index contributed by atoms with van der Waals surface area (Å²) >= 11 is 0. The number of rotatable bonds is 6. The van der Waals surface area contributed by atoms with Crippen LogP contribution >= 0.6 is 0 Å². The molecule has 1 amide bonds. The Hall–Kier alpha value is -3.54. The molecule has 4 aromatic rings. The summed E-state index contributed by atoms with van der Waals surface area (Å²) in [6.45, 7) is 7.07.